The van der Waals surface area contributed by atoms with E-state index in [0.717, 1.165) is 16.5 Å². The van der Waals surface area contributed by atoms with Gasteiger partial charge in [-0.25, -0.2) is 27.2 Å². The van der Waals surface area contributed by atoms with Crippen molar-refractivity contribution in [3.8, 4) is 11.1 Å². The summed E-state index contributed by atoms with van der Waals surface area (Å²) in [6, 6.07) is 19.4. The number of benzene rings is 3. The standard InChI is InChI=1S/C29H25F2N7O3S/c30-20-2-1-3-22(13-20)34-28(39)15-23-14-27(37-36-23)35-29-25-9-6-19(12-26(25)32-17-33-29)18-4-7-24(8-5-18)42(40,41)38-11-10-21(31)16-38/h1-9,12-14,17,21H,10-11,15-16H2,(H,34,39)(H2,32,33,35,36,37)/t21-/m0/s1. The van der Waals surface area contributed by atoms with Crippen LogP contribution in [-0.4, -0.2) is 58.1 Å². The van der Waals surface area contributed by atoms with Crippen molar-refractivity contribution in [2.75, 3.05) is 23.7 Å². The number of carbonyl (C=O) groups excluding carboxylic acids is 1. The van der Waals surface area contributed by atoms with Gasteiger partial charge in [0.1, 0.15) is 24.1 Å². The minimum atomic E-state index is -3.74. The van der Waals surface area contributed by atoms with Crippen LogP contribution in [0.5, 0.6) is 0 Å². The van der Waals surface area contributed by atoms with Gasteiger partial charge in [-0.2, -0.15) is 9.40 Å². The maximum atomic E-state index is 13.6. The third-order valence-corrected chi connectivity index (χ3v) is 8.77. The lowest BCUT2D eigenvalue weighted by atomic mass is 10.0. The Kier molecular flexibility index (Phi) is 7.35. The first-order valence-electron chi connectivity index (χ1n) is 13.1. The molecule has 5 aromatic rings. The van der Waals surface area contributed by atoms with Crippen molar-refractivity contribution in [1.82, 2.24) is 24.5 Å². The molecular formula is C29H25F2N7O3S. The summed E-state index contributed by atoms with van der Waals surface area (Å²) in [7, 11) is -3.74. The maximum absolute atomic E-state index is 13.6. The van der Waals surface area contributed by atoms with E-state index in [1.165, 1.54) is 41.0 Å². The minimum Gasteiger partial charge on any atom is -0.326 e. The zero-order valence-electron chi connectivity index (χ0n) is 22.1. The van der Waals surface area contributed by atoms with E-state index < -0.39 is 22.0 Å². The van der Waals surface area contributed by atoms with Crippen molar-refractivity contribution < 1.29 is 22.0 Å². The largest absolute Gasteiger partial charge is 0.326 e. The van der Waals surface area contributed by atoms with Gasteiger partial charge < -0.3 is 10.6 Å². The number of hydrogen-bond donors (Lipinski definition) is 3. The quantitative estimate of drug-likeness (QED) is 0.236. The van der Waals surface area contributed by atoms with Crippen LogP contribution < -0.4 is 10.6 Å². The fourth-order valence-electron chi connectivity index (χ4n) is 4.79. The zero-order chi connectivity index (χ0) is 29.3. The van der Waals surface area contributed by atoms with E-state index in [2.05, 4.69) is 30.8 Å². The van der Waals surface area contributed by atoms with E-state index in [9.17, 15) is 22.0 Å². The van der Waals surface area contributed by atoms with E-state index in [1.54, 1.807) is 24.3 Å². The molecule has 0 saturated carbocycles. The minimum absolute atomic E-state index is 0.00751. The SMILES string of the molecule is O=C(Cc1cc(Nc2ncnc3cc(-c4ccc(S(=O)(=O)N5CC[C@H](F)C5)cc4)ccc23)n[nH]1)Nc1cccc(F)c1. The molecular weight excluding hydrogens is 564 g/mol. The van der Waals surface area contributed by atoms with Crippen LogP contribution in [0.1, 0.15) is 12.1 Å². The summed E-state index contributed by atoms with van der Waals surface area (Å²) < 4.78 is 53.8. The summed E-state index contributed by atoms with van der Waals surface area (Å²) in [5.74, 6) is 0.184. The number of amides is 1. The van der Waals surface area contributed by atoms with Crippen LogP contribution in [0.4, 0.5) is 26.1 Å². The number of aromatic nitrogens is 4. The molecule has 10 nitrogen and oxygen atoms in total. The number of H-pyrrole nitrogens is 1. The van der Waals surface area contributed by atoms with Gasteiger partial charge in [0.05, 0.1) is 16.8 Å². The van der Waals surface area contributed by atoms with Gasteiger partial charge in [-0.15, -0.1) is 0 Å². The molecule has 1 aliphatic rings. The number of nitrogens with one attached hydrogen (secondary N) is 3. The number of nitrogens with zero attached hydrogens (tertiary/aromatic N) is 4. The van der Waals surface area contributed by atoms with E-state index in [4.69, 9.17) is 0 Å². The molecule has 0 spiro atoms. The summed E-state index contributed by atoms with van der Waals surface area (Å²) in [5.41, 5.74) is 3.18. The van der Waals surface area contributed by atoms with Crippen molar-refractivity contribution in [3.63, 3.8) is 0 Å². The molecule has 6 rings (SSSR count). The van der Waals surface area contributed by atoms with Crippen molar-refractivity contribution in [1.29, 1.82) is 0 Å². The van der Waals surface area contributed by atoms with Crippen LogP contribution in [0.15, 0.2) is 84.0 Å². The molecule has 1 aliphatic heterocycles. The Labute approximate surface area is 239 Å². The van der Waals surface area contributed by atoms with Gasteiger partial charge in [0.2, 0.25) is 15.9 Å². The number of anilines is 3. The van der Waals surface area contributed by atoms with Gasteiger partial charge >= 0.3 is 0 Å². The highest BCUT2D eigenvalue weighted by Crippen LogP contribution is 2.29. The molecule has 1 atom stereocenters. The van der Waals surface area contributed by atoms with Crippen molar-refractivity contribution in [2.45, 2.75) is 23.9 Å². The number of fused-ring (bicyclic) bond motifs is 1. The van der Waals surface area contributed by atoms with Gasteiger partial charge in [-0.3, -0.25) is 9.89 Å². The van der Waals surface area contributed by atoms with Crippen LogP contribution >= 0.6 is 0 Å². The smallest absolute Gasteiger partial charge is 0.243 e. The highest BCUT2D eigenvalue weighted by atomic mass is 32.2. The van der Waals surface area contributed by atoms with Crippen molar-refractivity contribution in [3.05, 3.63) is 90.6 Å². The Morgan fingerprint density at radius 3 is 2.60 bits per heavy atom. The van der Waals surface area contributed by atoms with Crippen molar-refractivity contribution >= 4 is 44.2 Å². The second kappa shape index (κ2) is 11.3. The fourth-order valence-corrected chi connectivity index (χ4v) is 6.27. The molecule has 1 saturated heterocycles. The normalized spacial score (nSPS) is 15.6. The van der Waals surface area contributed by atoms with Gasteiger partial charge in [0.25, 0.3) is 0 Å². The molecule has 1 fully saturated rings. The van der Waals surface area contributed by atoms with Crippen LogP contribution in [0.25, 0.3) is 22.0 Å². The van der Waals surface area contributed by atoms with Gasteiger partial charge in [0.15, 0.2) is 5.82 Å². The summed E-state index contributed by atoms with van der Waals surface area (Å²) in [5, 5.41) is 13.5. The molecule has 0 unspecified atom stereocenters. The number of sulfonamides is 1. The lowest BCUT2D eigenvalue weighted by Crippen LogP contribution is -2.29. The third-order valence-electron chi connectivity index (χ3n) is 6.89. The van der Waals surface area contributed by atoms with Crippen LogP contribution in [0.2, 0.25) is 0 Å². The molecule has 13 heteroatoms. The van der Waals surface area contributed by atoms with E-state index in [-0.39, 0.29) is 36.7 Å². The first-order valence-corrected chi connectivity index (χ1v) is 14.5. The molecule has 3 N–H and O–H groups in total. The molecule has 0 radical (unpaired) electrons. The number of carbonyl (C=O) groups is 1. The Morgan fingerprint density at radius 1 is 1.02 bits per heavy atom. The first-order chi connectivity index (χ1) is 20.2. The van der Waals surface area contributed by atoms with E-state index >= 15 is 0 Å². The topological polar surface area (TPSA) is 133 Å². The fraction of sp³-hybridized carbons (Fsp3) is 0.172. The summed E-state index contributed by atoms with van der Waals surface area (Å²) >= 11 is 0. The molecule has 0 aliphatic carbocycles. The Morgan fingerprint density at radius 2 is 1.83 bits per heavy atom. The molecule has 3 aromatic carbocycles. The van der Waals surface area contributed by atoms with Crippen LogP contribution in [0.3, 0.4) is 0 Å². The van der Waals surface area contributed by atoms with Crippen molar-refractivity contribution in [2.24, 2.45) is 0 Å². The summed E-state index contributed by atoms with van der Waals surface area (Å²) in [4.78, 5) is 21.2. The molecule has 214 valence electrons. The highest BCUT2D eigenvalue weighted by molar-refractivity contribution is 7.89. The monoisotopic (exact) mass is 589 g/mol. The maximum Gasteiger partial charge on any atom is 0.243 e. The number of rotatable bonds is 8. The second-order valence-corrected chi connectivity index (χ2v) is 11.8. The first kappa shape index (κ1) is 27.4. The van der Waals surface area contributed by atoms with Gasteiger partial charge in [-0.05, 0) is 60.0 Å². The highest BCUT2D eigenvalue weighted by Gasteiger charge is 2.32. The number of hydrogen-bond acceptors (Lipinski definition) is 7. The lowest BCUT2D eigenvalue weighted by Gasteiger charge is -2.15. The molecule has 0 bridgehead atoms. The number of alkyl halides is 1. The Hall–Kier alpha value is -4.75. The van der Waals surface area contributed by atoms with Gasteiger partial charge in [-0.1, -0.05) is 24.3 Å². The summed E-state index contributed by atoms with van der Waals surface area (Å²) in [6.45, 7) is 0.0633. The van der Waals surface area contributed by atoms with Crippen LogP contribution in [0, 0.1) is 5.82 Å². The van der Waals surface area contributed by atoms with E-state index in [1.807, 2.05) is 18.2 Å². The molecule has 42 heavy (non-hydrogen) atoms. The average molecular weight is 590 g/mol. The second-order valence-electron chi connectivity index (χ2n) is 9.87. The van der Waals surface area contributed by atoms with Crippen LogP contribution in [-0.2, 0) is 21.2 Å². The lowest BCUT2D eigenvalue weighted by molar-refractivity contribution is -0.115. The number of aromatic amines is 1. The Bertz CT molecular complexity index is 1880. The molecule has 3 heterocycles. The predicted molar refractivity (Wildman–Crippen MR) is 154 cm³/mol. The Balaban J connectivity index is 1.15. The molecule has 2 aromatic heterocycles. The predicted octanol–water partition coefficient (Wildman–Crippen LogP) is 4.82. The van der Waals surface area contributed by atoms with E-state index in [0.29, 0.717) is 28.5 Å². The van der Waals surface area contributed by atoms with Gasteiger partial charge in [0, 0.05) is 35.9 Å². The summed E-state index contributed by atoms with van der Waals surface area (Å²) in [6.07, 6.45) is 0.503. The number of halogens is 2. The average Bonchev–Trinajstić information content (AvgIpc) is 3.62. The zero-order valence-corrected chi connectivity index (χ0v) is 22.9. The third kappa shape index (κ3) is 5.83. The molecule has 1 amide bonds.